The molecule has 3 aromatic carbocycles. The van der Waals surface area contributed by atoms with Gasteiger partial charge in [-0.15, -0.1) is 0 Å². The predicted octanol–water partition coefficient (Wildman–Crippen LogP) is 4.57. The first-order chi connectivity index (χ1) is 12.7. The largest absolute Gasteiger partial charge is 0.443 e. The molecule has 5 rings (SSSR count). The minimum absolute atomic E-state index is 0.801. The molecule has 0 aliphatic carbocycles. The van der Waals surface area contributed by atoms with Crippen molar-refractivity contribution in [2.75, 3.05) is 0 Å². The Labute approximate surface area is 151 Å². The molecule has 2 aromatic heterocycles. The average molecular weight is 340 g/mol. The van der Waals surface area contributed by atoms with Gasteiger partial charge in [-0.3, -0.25) is 0 Å². The summed E-state index contributed by atoms with van der Waals surface area (Å²) >= 11 is 0. The van der Waals surface area contributed by atoms with Gasteiger partial charge in [0, 0.05) is 0 Å². The molecule has 5 aromatic rings. The highest BCUT2D eigenvalue weighted by molar-refractivity contribution is 5.84. The SMILES string of the molecule is Cc1cc2ncoc2cc1-c1n(-c2ccccc2)c2ccccc2[n+]1C. The van der Waals surface area contributed by atoms with Gasteiger partial charge >= 0.3 is 0 Å². The fraction of sp³-hybridized carbons (Fsp3) is 0.0909. The third kappa shape index (κ3) is 2.09. The van der Waals surface area contributed by atoms with Crippen molar-refractivity contribution in [1.29, 1.82) is 0 Å². The Balaban J connectivity index is 1.93. The number of aryl methyl sites for hydroxylation is 2. The summed E-state index contributed by atoms with van der Waals surface area (Å²) in [4.78, 5) is 4.28. The van der Waals surface area contributed by atoms with Crippen molar-refractivity contribution in [1.82, 2.24) is 9.55 Å². The normalized spacial score (nSPS) is 11.5. The van der Waals surface area contributed by atoms with Gasteiger partial charge in [0.25, 0.3) is 5.82 Å². The van der Waals surface area contributed by atoms with Crippen LogP contribution < -0.4 is 4.57 Å². The number of benzene rings is 3. The second-order valence-corrected chi connectivity index (χ2v) is 6.53. The summed E-state index contributed by atoms with van der Waals surface area (Å²) in [6, 6.07) is 23.1. The number of imidazole rings is 1. The summed E-state index contributed by atoms with van der Waals surface area (Å²) < 4.78 is 10.1. The minimum atomic E-state index is 0.801. The van der Waals surface area contributed by atoms with E-state index in [1.54, 1.807) is 0 Å². The van der Waals surface area contributed by atoms with Gasteiger partial charge in [0.05, 0.1) is 12.6 Å². The van der Waals surface area contributed by atoms with Gasteiger partial charge in [-0.2, -0.15) is 4.57 Å². The van der Waals surface area contributed by atoms with Crippen molar-refractivity contribution in [3.05, 3.63) is 78.7 Å². The highest BCUT2D eigenvalue weighted by atomic mass is 16.3. The lowest BCUT2D eigenvalue weighted by Crippen LogP contribution is -2.30. The molecule has 4 heteroatoms. The summed E-state index contributed by atoms with van der Waals surface area (Å²) in [5, 5.41) is 0. The molecule has 126 valence electrons. The van der Waals surface area contributed by atoms with Crippen LogP contribution in [0.25, 0.3) is 39.2 Å². The van der Waals surface area contributed by atoms with Crippen molar-refractivity contribution in [3.63, 3.8) is 0 Å². The first-order valence-electron chi connectivity index (χ1n) is 8.63. The molecule has 0 N–H and O–H groups in total. The van der Waals surface area contributed by atoms with Crippen LogP contribution in [0.2, 0.25) is 0 Å². The summed E-state index contributed by atoms with van der Waals surface area (Å²) in [5.41, 5.74) is 7.48. The molecule has 0 radical (unpaired) electrons. The van der Waals surface area contributed by atoms with E-state index in [0.29, 0.717) is 0 Å². The molecule has 0 saturated carbocycles. The monoisotopic (exact) mass is 340 g/mol. The molecule has 0 amide bonds. The van der Waals surface area contributed by atoms with E-state index in [-0.39, 0.29) is 0 Å². The number of hydrogen-bond acceptors (Lipinski definition) is 2. The molecule has 2 heterocycles. The number of hydrogen-bond donors (Lipinski definition) is 0. The Hall–Kier alpha value is -3.40. The summed E-state index contributed by atoms with van der Waals surface area (Å²) in [5.74, 6) is 1.12. The van der Waals surface area contributed by atoms with E-state index in [4.69, 9.17) is 4.42 Å². The second kappa shape index (κ2) is 5.56. The summed E-state index contributed by atoms with van der Waals surface area (Å²) in [6.07, 6.45) is 1.50. The van der Waals surface area contributed by atoms with Crippen LogP contribution in [0.5, 0.6) is 0 Å². The first kappa shape index (κ1) is 14.9. The summed E-state index contributed by atoms with van der Waals surface area (Å²) in [7, 11) is 2.11. The maximum atomic E-state index is 5.56. The molecule has 26 heavy (non-hydrogen) atoms. The van der Waals surface area contributed by atoms with Crippen LogP contribution in [0, 0.1) is 6.92 Å². The van der Waals surface area contributed by atoms with Gasteiger partial charge in [-0.25, -0.2) is 9.55 Å². The number of rotatable bonds is 2. The van der Waals surface area contributed by atoms with E-state index in [2.05, 4.69) is 88.8 Å². The lowest BCUT2D eigenvalue weighted by Gasteiger charge is -2.06. The molecule has 0 unspecified atom stereocenters. The van der Waals surface area contributed by atoms with Gasteiger partial charge in [-0.05, 0) is 48.9 Å². The zero-order valence-electron chi connectivity index (χ0n) is 14.7. The van der Waals surface area contributed by atoms with Crippen molar-refractivity contribution in [3.8, 4) is 17.1 Å². The Morgan fingerprint density at radius 1 is 0.962 bits per heavy atom. The fourth-order valence-corrected chi connectivity index (χ4v) is 3.70. The standard InChI is InChI=1S/C22H18N3O/c1-15-12-18-21(26-14-23-18)13-17(15)22-24(2)19-10-6-7-11-20(19)25(22)16-8-4-3-5-9-16/h3-14H,1-2H3/q+1. The second-order valence-electron chi connectivity index (χ2n) is 6.53. The molecule has 0 spiro atoms. The van der Waals surface area contributed by atoms with Crippen LogP contribution in [-0.4, -0.2) is 9.55 Å². The van der Waals surface area contributed by atoms with Gasteiger partial charge in [0.15, 0.2) is 23.0 Å². The van der Waals surface area contributed by atoms with E-state index in [0.717, 1.165) is 28.2 Å². The molecular formula is C22H18N3O+. The molecule has 0 saturated heterocycles. The maximum absolute atomic E-state index is 5.56. The van der Waals surface area contributed by atoms with Crippen molar-refractivity contribution in [2.24, 2.45) is 7.05 Å². The van der Waals surface area contributed by atoms with Crippen LogP contribution in [0.3, 0.4) is 0 Å². The molecule has 4 nitrogen and oxygen atoms in total. The Kier molecular flexibility index (Phi) is 3.19. The first-order valence-corrected chi connectivity index (χ1v) is 8.63. The third-order valence-corrected chi connectivity index (χ3v) is 4.95. The van der Waals surface area contributed by atoms with E-state index in [1.165, 1.54) is 23.0 Å². The van der Waals surface area contributed by atoms with Crippen molar-refractivity contribution in [2.45, 2.75) is 6.92 Å². The van der Waals surface area contributed by atoms with Crippen LogP contribution in [0.4, 0.5) is 0 Å². The van der Waals surface area contributed by atoms with Crippen LogP contribution >= 0.6 is 0 Å². The highest BCUT2D eigenvalue weighted by Crippen LogP contribution is 2.31. The lowest BCUT2D eigenvalue weighted by atomic mass is 10.1. The number of para-hydroxylation sites is 3. The Morgan fingerprint density at radius 2 is 1.73 bits per heavy atom. The number of aromatic nitrogens is 3. The fourth-order valence-electron chi connectivity index (χ4n) is 3.70. The highest BCUT2D eigenvalue weighted by Gasteiger charge is 2.27. The van der Waals surface area contributed by atoms with E-state index in [1.807, 2.05) is 6.07 Å². The van der Waals surface area contributed by atoms with Crippen LogP contribution in [-0.2, 0) is 7.05 Å². The predicted molar refractivity (Wildman–Crippen MR) is 102 cm³/mol. The van der Waals surface area contributed by atoms with E-state index < -0.39 is 0 Å². The molecule has 0 aliphatic rings. The van der Waals surface area contributed by atoms with E-state index >= 15 is 0 Å². The number of nitrogens with zero attached hydrogens (tertiary/aromatic N) is 3. The van der Waals surface area contributed by atoms with Gasteiger partial charge < -0.3 is 4.42 Å². The zero-order chi connectivity index (χ0) is 17.7. The smallest absolute Gasteiger partial charge is 0.295 e. The van der Waals surface area contributed by atoms with Crippen molar-refractivity contribution < 1.29 is 8.98 Å². The average Bonchev–Trinajstić information content (AvgIpc) is 3.24. The third-order valence-electron chi connectivity index (χ3n) is 4.95. The lowest BCUT2D eigenvalue weighted by molar-refractivity contribution is -0.633. The zero-order valence-corrected chi connectivity index (χ0v) is 14.7. The minimum Gasteiger partial charge on any atom is -0.443 e. The van der Waals surface area contributed by atoms with Crippen LogP contribution in [0.1, 0.15) is 5.56 Å². The topological polar surface area (TPSA) is 34.8 Å². The van der Waals surface area contributed by atoms with E-state index in [9.17, 15) is 0 Å². The molecular weight excluding hydrogens is 322 g/mol. The summed E-state index contributed by atoms with van der Waals surface area (Å²) in [6.45, 7) is 2.12. The molecule has 0 fully saturated rings. The van der Waals surface area contributed by atoms with Crippen LogP contribution in [0.15, 0.2) is 77.5 Å². The molecule has 0 aliphatic heterocycles. The van der Waals surface area contributed by atoms with Gasteiger partial charge in [0.2, 0.25) is 0 Å². The molecule has 0 atom stereocenters. The van der Waals surface area contributed by atoms with Gasteiger partial charge in [0.1, 0.15) is 11.2 Å². The van der Waals surface area contributed by atoms with Gasteiger partial charge in [-0.1, -0.05) is 30.3 Å². The maximum Gasteiger partial charge on any atom is 0.295 e. The number of fused-ring (bicyclic) bond motifs is 2. The van der Waals surface area contributed by atoms with Crippen molar-refractivity contribution >= 4 is 22.1 Å². The Morgan fingerprint density at radius 3 is 2.58 bits per heavy atom. The number of oxazole rings is 1. The quantitative estimate of drug-likeness (QED) is 0.441. The molecule has 0 bridgehead atoms. The Bertz CT molecular complexity index is 1250.